The Morgan fingerprint density at radius 3 is 2.86 bits per heavy atom. The first-order valence-corrected chi connectivity index (χ1v) is 10.6. The van der Waals surface area contributed by atoms with Gasteiger partial charge in [0.25, 0.3) is 0 Å². The number of benzene rings is 1. The van der Waals surface area contributed by atoms with Crippen molar-refractivity contribution in [3.63, 3.8) is 0 Å². The van der Waals surface area contributed by atoms with E-state index >= 15 is 0 Å². The van der Waals surface area contributed by atoms with Crippen molar-refractivity contribution in [2.75, 3.05) is 37.7 Å². The SMILES string of the molecule is O=C(CC1C=Nc2cc(N3CCOCC3)c(Cl)cc2C1=O)CC1NCCCC1O. The predicted molar refractivity (Wildman–Crippen MR) is 112 cm³/mol. The van der Waals surface area contributed by atoms with Gasteiger partial charge in [0, 0.05) is 43.8 Å². The third kappa shape index (κ3) is 4.53. The first-order valence-electron chi connectivity index (χ1n) is 10.2. The average molecular weight is 420 g/mol. The smallest absolute Gasteiger partial charge is 0.173 e. The number of nitrogens with zero attached hydrogens (tertiary/aromatic N) is 2. The first-order chi connectivity index (χ1) is 14.0. The fraction of sp³-hybridized carbons (Fsp3) is 0.571. The number of aliphatic hydroxyl groups excluding tert-OH is 1. The van der Waals surface area contributed by atoms with Crippen LogP contribution < -0.4 is 10.2 Å². The Balaban J connectivity index is 1.45. The highest BCUT2D eigenvalue weighted by Crippen LogP contribution is 2.37. The standard InChI is InChI=1S/C21H26ClN3O4/c22-16-10-15-17(11-19(16)25-4-6-29-7-5-25)24-12-13(21(15)28)8-14(26)9-18-20(27)2-1-3-23-18/h10-13,18,20,23,27H,1-9H2. The molecule has 0 amide bonds. The second kappa shape index (κ2) is 8.92. The fourth-order valence-corrected chi connectivity index (χ4v) is 4.49. The number of anilines is 1. The number of fused-ring (bicyclic) bond motifs is 1. The van der Waals surface area contributed by atoms with Gasteiger partial charge in [0.2, 0.25) is 0 Å². The minimum atomic E-state index is -0.582. The Kier molecular flexibility index (Phi) is 6.29. The van der Waals surface area contributed by atoms with Crippen molar-refractivity contribution in [2.24, 2.45) is 10.9 Å². The van der Waals surface area contributed by atoms with Crippen molar-refractivity contribution < 1.29 is 19.4 Å². The lowest BCUT2D eigenvalue weighted by Crippen LogP contribution is -2.46. The van der Waals surface area contributed by atoms with Gasteiger partial charge in [0.15, 0.2) is 5.78 Å². The van der Waals surface area contributed by atoms with E-state index in [4.69, 9.17) is 16.3 Å². The number of Topliss-reactive ketones (excluding diaryl/α,β-unsaturated/α-hetero) is 2. The van der Waals surface area contributed by atoms with Crippen molar-refractivity contribution in [3.8, 4) is 0 Å². The van der Waals surface area contributed by atoms with Crippen LogP contribution in [0, 0.1) is 5.92 Å². The quantitative estimate of drug-likeness (QED) is 0.759. The molecule has 3 heterocycles. The van der Waals surface area contributed by atoms with E-state index in [1.807, 2.05) is 6.07 Å². The van der Waals surface area contributed by atoms with Gasteiger partial charge in [-0.3, -0.25) is 14.6 Å². The maximum absolute atomic E-state index is 12.9. The monoisotopic (exact) mass is 419 g/mol. The average Bonchev–Trinajstić information content (AvgIpc) is 2.72. The summed E-state index contributed by atoms with van der Waals surface area (Å²) < 4.78 is 5.38. The Labute approximate surface area is 175 Å². The Morgan fingerprint density at radius 1 is 1.31 bits per heavy atom. The van der Waals surface area contributed by atoms with Crippen LogP contribution in [0.4, 0.5) is 11.4 Å². The number of hydrogen-bond donors (Lipinski definition) is 2. The van der Waals surface area contributed by atoms with Crippen molar-refractivity contribution in [1.82, 2.24) is 5.32 Å². The molecule has 8 heteroatoms. The molecule has 4 rings (SSSR count). The molecule has 0 saturated carbocycles. The molecular formula is C21H26ClN3O4. The van der Waals surface area contributed by atoms with Crippen LogP contribution in [0.5, 0.6) is 0 Å². The Hall–Kier alpha value is -1.80. The zero-order chi connectivity index (χ0) is 20.4. The summed E-state index contributed by atoms with van der Waals surface area (Å²) in [6.45, 7) is 3.58. The van der Waals surface area contributed by atoms with Gasteiger partial charge in [-0.25, -0.2) is 0 Å². The molecule has 0 radical (unpaired) electrons. The molecule has 1 aromatic rings. The summed E-state index contributed by atoms with van der Waals surface area (Å²) >= 11 is 6.47. The molecule has 7 nitrogen and oxygen atoms in total. The highest BCUT2D eigenvalue weighted by Gasteiger charge is 2.31. The van der Waals surface area contributed by atoms with E-state index in [-0.39, 0.29) is 30.4 Å². The maximum atomic E-state index is 12.9. The zero-order valence-corrected chi connectivity index (χ0v) is 17.0. The van der Waals surface area contributed by atoms with Gasteiger partial charge in [-0.15, -0.1) is 0 Å². The Bertz CT molecular complexity index is 822. The highest BCUT2D eigenvalue weighted by molar-refractivity contribution is 6.34. The molecule has 3 unspecified atom stereocenters. The van der Waals surface area contributed by atoms with Gasteiger partial charge < -0.3 is 20.1 Å². The number of morpholine rings is 1. The van der Waals surface area contributed by atoms with Gasteiger partial charge in [-0.05, 0) is 31.5 Å². The van der Waals surface area contributed by atoms with E-state index in [0.29, 0.717) is 35.9 Å². The van der Waals surface area contributed by atoms with Crippen LogP contribution in [0.3, 0.4) is 0 Å². The lowest BCUT2D eigenvalue weighted by atomic mass is 9.88. The molecule has 0 aliphatic carbocycles. The van der Waals surface area contributed by atoms with Crippen LogP contribution in [0.2, 0.25) is 5.02 Å². The fourth-order valence-electron chi connectivity index (χ4n) is 4.20. The number of aliphatic imine (C=N–C) groups is 1. The third-order valence-electron chi connectivity index (χ3n) is 5.86. The predicted octanol–water partition coefficient (Wildman–Crippen LogP) is 2.15. The van der Waals surface area contributed by atoms with E-state index in [1.165, 1.54) is 0 Å². The number of aliphatic hydroxyl groups is 1. The summed E-state index contributed by atoms with van der Waals surface area (Å²) in [7, 11) is 0. The highest BCUT2D eigenvalue weighted by atomic mass is 35.5. The molecule has 2 N–H and O–H groups in total. The number of carbonyl (C=O) groups excluding carboxylic acids is 2. The molecule has 156 valence electrons. The van der Waals surface area contributed by atoms with Gasteiger partial charge >= 0.3 is 0 Å². The number of halogens is 1. The number of carbonyl (C=O) groups is 2. The second-order valence-corrected chi connectivity index (χ2v) is 8.29. The van der Waals surface area contributed by atoms with Crippen molar-refractivity contribution in [1.29, 1.82) is 0 Å². The number of rotatable bonds is 5. The van der Waals surface area contributed by atoms with Crippen molar-refractivity contribution in [2.45, 2.75) is 37.8 Å². The van der Waals surface area contributed by atoms with Gasteiger partial charge in [-0.2, -0.15) is 0 Å². The van der Waals surface area contributed by atoms with Gasteiger partial charge in [0.1, 0.15) is 5.78 Å². The summed E-state index contributed by atoms with van der Waals surface area (Å²) in [4.78, 5) is 32.0. The van der Waals surface area contributed by atoms with E-state index in [2.05, 4.69) is 15.2 Å². The van der Waals surface area contributed by atoms with E-state index < -0.39 is 12.0 Å². The van der Waals surface area contributed by atoms with Crippen LogP contribution >= 0.6 is 11.6 Å². The van der Waals surface area contributed by atoms with Gasteiger partial charge in [-0.1, -0.05) is 11.6 Å². The summed E-state index contributed by atoms with van der Waals surface area (Å²) in [6.07, 6.45) is 2.99. The molecule has 3 aliphatic heterocycles. The van der Waals surface area contributed by atoms with Crippen LogP contribution in [0.1, 0.15) is 36.0 Å². The molecule has 0 aromatic heterocycles. The molecule has 2 fully saturated rings. The molecular weight excluding hydrogens is 394 g/mol. The molecule has 29 heavy (non-hydrogen) atoms. The largest absolute Gasteiger partial charge is 0.391 e. The minimum absolute atomic E-state index is 0.0484. The lowest BCUT2D eigenvalue weighted by molar-refractivity contribution is -0.120. The zero-order valence-electron chi connectivity index (χ0n) is 16.3. The van der Waals surface area contributed by atoms with Crippen molar-refractivity contribution in [3.05, 3.63) is 22.7 Å². The number of piperidine rings is 1. The lowest BCUT2D eigenvalue weighted by Gasteiger charge is -2.30. The molecule has 3 aliphatic rings. The second-order valence-electron chi connectivity index (χ2n) is 7.89. The normalized spacial score (nSPS) is 27.0. The summed E-state index contributed by atoms with van der Waals surface area (Å²) in [5.41, 5.74) is 1.91. The molecule has 0 spiro atoms. The number of ether oxygens (including phenoxy) is 1. The van der Waals surface area contributed by atoms with Crippen LogP contribution in [-0.2, 0) is 9.53 Å². The van der Waals surface area contributed by atoms with Crippen molar-refractivity contribution >= 4 is 40.8 Å². The first kappa shape index (κ1) is 20.5. The van der Waals surface area contributed by atoms with E-state index in [1.54, 1.807) is 12.3 Å². The number of hydrogen-bond acceptors (Lipinski definition) is 7. The summed E-state index contributed by atoms with van der Waals surface area (Å²) in [6, 6.07) is 3.28. The molecule has 1 aromatic carbocycles. The van der Waals surface area contributed by atoms with Crippen LogP contribution in [0.25, 0.3) is 0 Å². The molecule has 2 saturated heterocycles. The Morgan fingerprint density at radius 2 is 2.10 bits per heavy atom. The maximum Gasteiger partial charge on any atom is 0.173 e. The topological polar surface area (TPSA) is 91.2 Å². The minimum Gasteiger partial charge on any atom is -0.391 e. The summed E-state index contributed by atoms with van der Waals surface area (Å²) in [5.74, 6) is -0.760. The summed E-state index contributed by atoms with van der Waals surface area (Å²) in [5, 5.41) is 13.7. The number of ketones is 2. The van der Waals surface area contributed by atoms with E-state index in [9.17, 15) is 14.7 Å². The van der Waals surface area contributed by atoms with Crippen LogP contribution in [-0.4, -0.2) is 67.9 Å². The van der Waals surface area contributed by atoms with E-state index in [0.717, 1.165) is 31.7 Å². The third-order valence-corrected chi connectivity index (χ3v) is 6.16. The number of nitrogens with one attached hydrogen (secondary N) is 1. The van der Waals surface area contributed by atoms with Crippen LogP contribution in [0.15, 0.2) is 17.1 Å². The van der Waals surface area contributed by atoms with Gasteiger partial charge in [0.05, 0.1) is 41.6 Å². The molecule has 0 bridgehead atoms. The molecule has 3 atom stereocenters.